The lowest BCUT2D eigenvalue weighted by molar-refractivity contribution is -0.384. The number of nitro benzene ring substituents is 1. The smallest absolute Gasteiger partial charge is 0.291 e. The number of hydrogen-bond acceptors (Lipinski definition) is 7. The van der Waals surface area contributed by atoms with E-state index in [-0.39, 0.29) is 35.6 Å². The van der Waals surface area contributed by atoms with E-state index in [2.05, 4.69) is 17.3 Å². The second-order valence-corrected chi connectivity index (χ2v) is 7.83. The second kappa shape index (κ2) is 10.7. The standard InChI is InChI=1S/C24H21ClN4O6/c1-2-16-3-6-19(7-4-16)34-15-28-13-17(12-26-28)27-24(30)23-10-8-20(35-23)14-33-22-9-5-18(29(31)32)11-21(22)25/h3-13H,2,14-15H2,1H3,(H,27,30). The van der Waals surface area contributed by atoms with Crippen LogP contribution in [0.2, 0.25) is 5.02 Å². The minimum Gasteiger partial charge on any atom is -0.484 e. The first-order chi connectivity index (χ1) is 16.9. The number of ether oxygens (including phenoxy) is 2. The number of benzene rings is 2. The molecule has 0 saturated carbocycles. The highest BCUT2D eigenvalue weighted by atomic mass is 35.5. The molecule has 0 saturated heterocycles. The van der Waals surface area contributed by atoms with E-state index < -0.39 is 10.8 Å². The van der Waals surface area contributed by atoms with Crippen molar-refractivity contribution in [3.63, 3.8) is 0 Å². The molecule has 0 bridgehead atoms. The molecule has 0 spiro atoms. The first kappa shape index (κ1) is 23.8. The predicted octanol–water partition coefficient (Wildman–Crippen LogP) is 5.47. The van der Waals surface area contributed by atoms with Crippen LogP contribution >= 0.6 is 11.6 Å². The Bertz CT molecular complexity index is 1330. The molecule has 0 unspecified atom stereocenters. The van der Waals surface area contributed by atoms with Crippen LogP contribution in [0, 0.1) is 10.1 Å². The number of aromatic nitrogens is 2. The van der Waals surface area contributed by atoms with Crippen LogP contribution < -0.4 is 14.8 Å². The first-order valence-electron chi connectivity index (χ1n) is 10.6. The normalized spacial score (nSPS) is 10.7. The molecule has 4 rings (SSSR count). The molecule has 1 N–H and O–H groups in total. The molecule has 0 atom stereocenters. The summed E-state index contributed by atoms with van der Waals surface area (Å²) < 4.78 is 18.3. The largest absolute Gasteiger partial charge is 0.484 e. The van der Waals surface area contributed by atoms with Crippen molar-refractivity contribution in [3.8, 4) is 11.5 Å². The van der Waals surface area contributed by atoms with Gasteiger partial charge in [-0.25, -0.2) is 4.68 Å². The van der Waals surface area contributed by atoms with Crippen LogP contribution in [0.3, 0.4) is 0 Å². The Morgan fingerprint density at radius 1 is 1.17 bits per heavy atom. The van der Waals surface area contributed by atoms with Crippen LogP contribution in [0.5, 0.6) is 11.5 Å². The number of nitrogens with one attached hydrogen (secondary N) is 1. The van der Waals surface area contributed by atoms with Crippen molar-refractivity contribution in [3.05, 3.63) is 99.2 Å². The van der Waals surface area contributed by atoms with Gasteiger partial charge in [0.15, 0.2) is 12.5 Å². The highest BCUT2D eigenvalue weighted by Gasteiger charge is 2.15. The molecule has 35 heavy (non-hydrogen) atoms. The van der Waals surface area contributed by atoms with Crippen molar-refractivity contribution in [2.75, 3.05) is 5.32 Å². The van der Waals surface area contributed by atoms with Gasteiger partial charge in [0.2, 0.25) is 0 Å². The monoisotopic (exact) mass is 496 g/mol. The average Bonchev–Trinajstić information content (AvgIpc) is 3.52. The number of halogens is 1. The molecule has 2 aromatic carbocycles. The summed E-state index contributed by atoms with van der Waals surface area (Å²) in [6.07, 6.45) is 4.10. The number of furan rings is 1. The molecule has 11 heteroatoms. The number of amides is 1. The fraction of sp³-hybridized carbons (Fsp3) is 0.167. The Morgan fingerprint density at radius 3 is 2.69 bits per heavy atom. The maximum absolute atomic E-state index is 12.5. The van der Waals surface area contributed by atoms with Gasteiger partial charge in [0.1, 0.15) is 23.9 Å². The van der Waals surface area contributed by atoms with Gasteiger partial charge >= 0.3 is 0 Å². The van der Waals surface area contributed by atoms with Crippen LogP contribution in [0.1, 0.15) is 28.8 Å². The average molecular weight is 497 g/mol. The molecular weight excluding hydrogens is 476 g/mol. The minimum absolute atomic E-state index is 0.0146. The van der Waals surface area contributed by atoms with Crippen LogP contribution in [-0.2, 0) is 19.8 Å². The van der Waals surface area contributed by atoms with Gasteiger partial charge in [0.05, 0.1) is 28.0 Å². The van der Waals surface area contributed by atoms with Gasteiger partial charge in [0, 0.05) is 12.1 Å². The van der Waals surface area contributed by atoms with Gasteiger partial charge in [-0.05, 0) is 42.3 Å². The Hall–Kier alpha value is -4.31. The molecule has 10 nitrogen and oxygen atoms in total. The van der Waals surface area contributed by atoms with Crippen LogP contribution in [0.4, 0.5) is 11.4 Å². The van der Waals surface area contributed by atoms with Crippen molar-refractivity contribution in [2.24, 2.45) is 0 Å². The van der Waals surface area contributed by atoms with Crippen molar-refractivity contribution < 1.29 is 23.6 Å². The van der Waals surface area contributed by atoms with Gasteiger partial charge < -0.3 is 19.2 Å². The van der Waals surface area contributed by atoms with Crippen LogP contribution in [0.25, 0.3) is 0 Å². The third kappa shape index (κ3) is 6.18. The van der Waals surface area contributed by atoms with E-state index in [0.29, 0.717) is 11.4 Å². The van der Waals surface area contributed by atoms with Crippen molar-refractivity contribution in [1.82, 2.24) is 9.78 Å². The Balaban J connectivity index is 1.29. The topological polar surface area (TPSA) is 122 Å². The molecule has 0 radical (unpaired) electrons. The molecule has 2 aromatic heterocycles. The molecule has 2 heterocycles. The molecular formula is C24H21ClN4O6. The first-order valence-corrected chi connectivity index (χ1v) is 11.0. The number of hydrogen-bond donors (Lipinski definition) is 1. The van der Waals surface area contributed by atoms with Crippen molar-refractivity contribution in [1.29, 1.82) is 0 Å². The van der Waals surface area contributed by atoms with Crippen molar-refractivity contribution >= 4 is 28.9 Å². The number of rotatable bonds is 10. The lowest BCUT2D eigenvalue weighted by Gasteiger charge is -2.06. The minimum atomic E-state index is -0.547. The lowest BCUT2D eigenvalue weighted by Crippen LogP contribution is -2.10. The third-order valence-electron chi connectivity index (χ3n) is 4.97. The van der Waals surface area contributed by atoms with E-state index >= 15 is 0 Å². The van der Waals surface area contributed by atoms with E-state index in [1.165, 1.54) is 36.0 Å². The van der Waals surface area contributed by atoms with E-state index in [1.54, 1.807) is 16.9 Å². The zero-order chi connectivity index (χ0) is 24.8. The summed E-state index contributed by atoms with van der Waals surface area (Å²) in [6.45, 7) is 2.26. The summed E-state index contributed by atoms with van der Waals surface area (Å²) in [7, 11) is 0. The number of non-ortho nitro benzene ring substituents is 1. The fourth-order valence-electron chi connectivity index (χ4n) is 3.10. The van der Waals surface area contributed by atoms with Gasteiger partial charge in [-0.15, -0.1) is 0 Å². The molecule has 0 aliphatic heterocycles. The highest BCUT2D eigenvalue weighted by Crippen LogP contribution is 2.29. The molecule has 1 amide bonds. The van der Waals surface area contributed by atoms with Crippen molar-refractivity contribution in [2.45, 2.75) is 26.7 Å². The maximum Gasteiger partial charge on any atom is 0.291 e. The summed E-state index contributed by atoms with van der Waals surface area (Å²) in [5, 5.41) is 17.8. The Labute approximate surface area is 205 Å². The lowest BCUT2D eigenvalue weighted by atomic mass is 10.2. The van der Waals surface area contributed by atoms with E-state index in [4.69, 9.17) is 25.5 Å². The number of nitrogens with zero attached hydrogens (tertiary/aromatic N) is 3. The number of carbonyl (C=O) groups is 1. The number of carbonyl (C=O) groups excluding carboxylic acids is 1. The number of anilines is 1. The van der Waals surface area contributed by atoms with E-state index in [9.17, 15) is 14.9 Å². The molecule has 0 fully saturated rings. The summed E-state index contributed by atoms with van der Waals surface area (Å²) in [4.78, 5) is 22.8. The maximum atomic E-state index is 12.5. The quantitative estimate of drug-likeness (QED) is 0.228. The van der Waals surface area contributed by atoms with Gasteiger partial charge in [-0.1, -0.05) is 30.7 Å². The zero-order valence-corrected chi connectivity index (χ0v) is 19.4. The molecule has 4 aromatic rings. The number of nitro groups is 1. The summed E-state index contributed by atoms with van der Waals surface area (Å²) in [5.74, 6) is 0.987. The van der Waals surface area contributed by atoms with Gasteiger partial charge in [-0.2, -0.15) is 5.10 Å². The Kier molecular flexibility index (Phi) is 7.32. The second-order valence-electron chi connectivity index (χ2n) is 7.42. The predicted molar refractivity (Wildman–Crippen MR) is 128 cm³/mol. The molecule has 180 valence electrons. The van der Waals surface area contributed by atoms with Crippen LogP contribution in [-0.4, -0.2) is 20.6 Å². The summed E-state index contributed by atoms with van der Waals surface area (Å²) in [5.41, 5.74) is 1.57. The summed E-state index contributed by atoms with van der Waals surface area (Å²) in [6, 6.07) is 14.8. The van der Waals surface area contributed by atoms with Gasteiger partial charge in [-0.3, -0.25) is 14.9 Å². The third-order valence-corrected chi connectivity index (χ3v) is 5.26. The van der Waals surface area contributed by atoms with Crippen LogP contribution in [0.15, 0.2) is 71.4 Å². The zero-order valence-electron chi connectivity index (χ0n) is 18.6. The fourth-order valence-corrected chi connectivity index (χ4v) is 3.33. The Morgan fingerprint density at radius 2 is 1.97 bits per heavy atom. The van der Waals surface area contributed by atoms with Gasteiger partial charge in [0.25, 0.3) is 11.6 Å². The molecule has 0 aliphatic rings. The summed E-state index contributed by atoms with van der Waals surface area (Å²) >= 11 is 6.02. The van der Waals surface area contributed by atoms with E-state index in [0.717, 1.165) is 12.2 Å². The number of aryl methyl sites for hydroxylation is 1. The SMILES string of the molecule is CCc1ccc(OCn2cc(NC(=O)c3ccc(COc4ccc([N+](=O)[O-])cc4Cl)o3)cn2)cc1. The highest BCUT2D eigenvalue weighted by molar-refractivity contribution is 6.32. The molecule has 0 aliphatic carbocycles. The van der Waals surface area contributed by atoms with E-state index in [1.807, 2.05) is 24.3 Å².